The summed E-state index contributed by atoms with van der Waals surface area (Å²) in [5.41, 5.74) is -0.941. The zero-order valence-electron chi connectivity index (χ0n) is 15.4. The molecule has 1 heterocycles. The molecule has 1 N–H and O–H groups in total. The van der Waals surface area contributed by atoms with Gasteiger partial charge in [0.2, 0.25) is 0 Å². The monoisotopic (exact) mass is 356 g/mol. The lowest BCUT2D eigenvalue weighted by Gasteiger charge is -2.24. The number of rotatable bonds is 10. The lowest BCUT2D eigenvalue weighted by molar-refractivity contribution is -0.197. The van der Waals surface area contributed by atoms with Gasteiger partial charge in [-0.3, -0.25) is 14.4 Å². The van der Waals surface area contributed by atoms with Crippen LogP contribution in [0.2, 0.25) is 0 Å². The van der Waals surface area contributed by atoms with E-state index in [9.17, 15) is 19.2 Å². The number of nitrogens with zero attached hydrogens (tertiary/aromatic N) is 1. The van der Waals surface area contributed by atoms with Gasteiger partial charge in [-0.2, -0.15) is 0 Å². The number of carbonyl (C=O) groups excluding carboxylic acids is 4. The average molecular weight is 356 g/mol. The molecule has 1 aliphatic heterocycles. The molecule has 0 bridgehead atoms. The first kappa shape index (κ1) is 21.1. The van der Waals surface area contributed by atoms with Gasteiger partial charge in [0.1, 0.15) is 5.60 Å². The van der Waals surface area contributed by atoms with Crippen LogP contribution in [0.5, 0.6) is 0 Å². The summed E-state index contributed by atoms with van der Waals surface area (Å²) < 4.78 is 5.61. The molecule has 0 atom stereocenters. The quantitative estimate of drug-likeness (QED) is 0.468. The number of hydrogen-bond donors (Lipinski definition) is 1. The molecule has 0 saturated carbocycles. The van der Waals surface area contributed by atoms with Crippen LogP contribution in [0, 0.1) is 5.92 Å². The van der Waals surface area contributed by atoms with E-state index in [1.165, 1.54) is 0 Å². The third kappa shape index (κ3) is 7.21. The number of carbonyl (C=O) groups is 4. The first-order valence-corrected chi connectivity index (χ1v) is 8.62. The number of ether oxygens (including phenoxy) is 1. The lowest BCUT2D eigenvalue weighted by Crippen LogP contribution is -2.45. The summed E-state index contributed by atoms with van der Waals surface area (Å²) in [5.74, 6) is -1.45. The molecule has 0 spiro atoms. The Bertz CT molecular complexity index is 499. The van der Waals surface area contributed by atoms with Crippen molar-refractivity contribution in [3.63, 3.8) is 0 Å². The standard InChI is InChI=1S/C17H28N2O6/c1-12(2)9-11-24-17(3,4)16(23)18-10-5-6-15(22)25-19-13(20)7-8-14(19)21/h12H,5-11H2,1-4H3,(H,18,23). The maximum atomic E-state index is 12.1. The second kappa shape index (κ2) is 9.50. The van der Waals surface area contributed by atoms with E-state index in [0.717, 1.165) is 6.42 Å². The van der Waals surface area contributed by atoms with Crippen LogP contribution >= 0.6 is 0 Å². The second-order valence-corrected chi connectivity index (χ2v) is 6.95. The topological polar surface area (TPSA) is 102 Å². The molecule has 0 aliphatic carbocycles. The summed E-state index contributed by atoms with van der Waals surface area (Å²) in [5, 5.41) is 3.23. The Hall–Kier alpha value is -1.96. The van der Waals surface area contributed by atoms with Crippen LogP contribution in [-0.2, 0) is 28.8 Å². The van der Waals surface area contributed by atoms with Gasteiger partial charge in [0.05, 0.1) is 0 Å². The van der Waals surface area contributed by atoms with Gasteiger partial charge in [0.25, 0.3) is 17.7 Å². The highest BCUT2D eigenvalue weighted by Gasteiger charge is 2.32. The van der Waals surface area contributed by atoms with E-state index in [0.29, 0.717) is 24.0 Å². The highest BCUT2D eigenvalue weighted by molar-refractivity contribution is 6.01. The fourth-order valence-corrected chi connectivity index (χ4v) is 2.07. The minimum atomic E-state index is -0.941. The molecule has 0 radical (unpaired) electrons. The molecule has 0 unspecified atom stereocenters. The normalized spacial score (nSPS) is 15.0. The van der Waals surface area contributed by atoms with Gasteiger partial charge in [0, 0.05) is 32.4 Å². The zero-order chi connectivity index (χ0) is 19.0. The number of imide groups is 1. The predicted octanol–water partition coefficient (Wildman–Crippen LogP) is 1.33. The Morgan fingerprint density at radius 1 is 1.20 bits per heavy atom. The van der Waals surface area contributed by atoms with Crippen molar-refractivity contribution >= 4 is 23.7 Å². The minimum absolute atomic E-state index is 0.00796. The van der Waals surface area contributed by atoms with Crippen molar-refractivity contribution in [2.45, 2.75) is 65.4 Å². The molecule has 8 heteroatoms. The van der Waals surface area contributed by atoms with Crippen LogP contribution in [0.15, 0.2) is 0 Å². The fourth-order valence-electron chi connectivity index (χ4n) is 2.07. The summed E-state index contributed by atoms with van der Waals surface area (Å²) >= 11 is 0. The van der Waals surface area contributed by atoms with Crippen LogP contribution in [0.25, 0.3) is 0 Å². The van der Waals surface area contributed by atoms with Crippen LogP contribution in [0.1, 0.15) is 59.8 Å². The van der Waals surface area contributed by atoms with Crippen LogP contribution in [-0.4, -0.2) is 47.5 Å². The molecule has 0 aromatic heterocycles. The van der Waals surface area contributed by atoms with E-state index in [1.54, 1.807) is 13.8 Å². The van der Waals surface area contributed by atoms with Crippen molar-refractivity contribution in [3.8, 4) is 0 Å². The number of amides is 3. The number of nitrogens with one attached hydrogen (secondary N) is 1. The molecule has 1 saturated heterocycles. The lowest BCUT2D eigenvalue weighted by atomic mass is 10.1. The zero-order valence-corrected chi connectivity index (χ0v) is 15.4. The van der Waals surface area contributed by atoms with E-state index in [2.05, 4.69) is 19.2 Å². The Labute approximate surface area is 148 Å². The molecular weight excluding hydrogens is 328 g/mol. The van der Waals surface area contributed by atoms with Crippen molar-refractivity contribution in [2.24, 2.45) is 5.92 Å². The molecule has 0 aromatic rings. The average Bonchev–Trinajstić information content (AvgIpc) is 2.82. The molecule has 1 aliphatic rings. The van der Waals surface area contributed by atoms with Crippen LogP contribution < -0.4 is 5.32 Å². The van der Waals surface area contributed by atoms with Crippen molar-refractivity contribution in [2.75, 3.05) is 13.2 Å². The summed E-state index contributed by atoms with van der Waals surface area (Å²) in [6.07, 6.45) is 1.33. The second-order valence-electron chi connectivity index (χ2n) is 6.95. The Balaban J connectivity index is 2.23. The van der Waals surface area contributed by atoms with Crippen molar-refractivity contribution < 1.29 is 28.8 Å². The third-order valence-corrected chi connectivity index (χ3v) is 3.75. The fraction of sp³-hybridized carbons (Fsp3) is 0.765. The van der Waals surface area contributed by atoms with Gasteiger partial charge >= 0.3 is 5.97 Å². The minimum Gasteiger partial charge on any atom is -0.366 e. The van der Waals surface area contributed by atoms with E-state index in [-0.39, 0.29) is 31.7 Å². The van der Waals surface area contributed by atoms with Gasteiger partial charge in [-0.25, -0.2) is 4.79 Å². The highest BCUT2D eigenvalue weighted by Crippen LogP contribution is 2.13. The first-order valence-electron chi connectivity index (χ1n) is 8.62. The van der Waals surface area contributed by atoms with Gasteiger partial charge in [-0.1, -0.05) is 13.8 Å². The summed E-state index contributed by atoms with van der Waals surface area (Å²) in [7, 11) is 0. The predicted molar refractivity (Wildman–Crippen MR) is 88.9 cm³/mol. The largest absolute Gasteiger partial charge is 0.366 e. The SMILES string of the molecule is CC(C)CCOC(C)(C)C(=O)NCCCC(=O)ON1C(=O)CCC1=O. The van der Waals surface area contributed by atoms with E-state index in [4.69, 9.17) is 9.57 Å². The third-order valence-electron chi connectivity index (χ3n) is 3.75. The first-order chi connectivity index (χ1) is 11.6. The molecule has 25 heavy (non-hydrogen) atoms. The molecule has 3 amide bonds. The summed E-state index contributed by atoms with van der Waals surface area (Å²) in [6, 6.07) is 0. The Morgan fingerprint density at radius 2 is 1.80 bits per heavy atom. The number of hydrogen-bond acceptors (Lipinski definition) is 6. The van der Waals surface area contributed by atoms with Crippen molar-refractivity contribution in [1.82, 2.24) is 10.4 Å². The maximum Gasteiger partial charge on any atom is 0.333 e. The molecule has 1 fully saturated rings. The number of hydroxylamine groups is 2. The highest BCUT2D eigenvalue weighted by atomic mass is 16.7. The molecule has 8 nitrogen and oxygen atoms in total. The smallest absolute Gasteiger partial charge is 0.333 e. The molecule has 0 aromatic carbocycles. The van der Waals surface area contributed by atoms with E-state index >= 15 is 0 Å². The molecule has 142 valence electrons. The Kier molecular flexibility index (Phi) is 8.02. The molecular formula is C17H28N2O6. The van der Waals surface area contributed by atoms with Gasteiger partial charge in [-0.05, 0) is 32.6 Å². The van der Waals surface area contributed by atoms with Crippen molar-refractivity contribution in [1.29, 1.82) is 0 Å². The Morgan fingerprint density at radius 3 is 2.36 bits per heavy atom. The van der Waals surface area contributed by atoms with Gasteiger partial charge in [0.15, 0.2) is 0 Å². The van der Waals surface area contributed by atoms with Crippen LogP contribution in [0.4, 0.5) is 0 Å². The molecule has 1 rings (SSSR count). The summed E-state index contributed by atoms with van der Waals surface area (Å²) in [6.45, 7) is 8.33. The van der Waals surface area contributed by atoms with E-state index in [1.807, 2.05) is 0 Å². The van der Waals surface area contributed by atoms with Crippen LogP contribution in [0.3, 0.4) is 0 Å². The maximum absolute atomic E-state index is 12.1. The van der Waals surface area contributed by atoms with E-state index < -0.39 is 23.4 Å². The van der Waals surface area contributed by atoms with Gasteiger partial charge < -0.3 is 14.9 Å². The summed E-state index contributed by atoms with van der Waals surface area (Å²) in [4.78, 5) is 51.1. The van der Waals surface area contributed by atoms with Crippen molar-refractivity contribution in [3.05, 3.63) is 0 Å². The van der Waals surface area contributed by atoms with Gasteiger partial charge in [-0.15, -0.1) is 5.06 Å².